The maximum absolute atomic E-state index is 14.5. The molecule has 146 valence electrons. The Morgan fingerprint density at radius 3 is 2.26 bits per heavy atom. The van der Waals surface area contributed by atoms with Crippen LogP contribution in [-0.4, -0.2) is 21.2 Å². The van der Waals surface area contributed by atoms with Crippen LogP contribution in [0.2, 0.25) is 13.1 Å². The van der Waals surface area contributed by atoms with Crippen LogP contribution in [0.4, 0.5) is 13.2 Å². The molecule has 2 aromatic carbocycles. The summed E-state index contributed by atoms with van der Waals surface area (Å²) in [5.41, 5.74) is -2.96. The average molecular weight is 396 g/mol. The molecular weight excluding hydrogens is 373 g/mol. The van der Waals surface area contributed by atoms with Gasteiger partial charge in [-0.2, -0.15) is 13.2 Å². The molecule has 0 fully saturated rings. The smallest absolute Gasteiger partial charge is 0.421 e. The van der Waals surface area contributed by atoms with Crippen molar-refractivity contribution in [3.8, 4) is 5.75 Å². The highest BCUT2D eigenvalue weighted by molar-refractivity contribution is 6.48. The Labute approximate surface area is 158 Å². The van der Waals surface area contributed by atoms with E-state index in [0.29, 0.717) is 16.7 Å². The van der Waals surface area contributed by atoms with Gasteiger partial charge in [0.25, 0.3) is 0 Å². The highest BCUT2D eigenvalue weighted by Gasteiger charge is 2.63. The monoisotopic (exact) mass is 396 g/mol. The van der Waals surface area contributed by atoms with E-state index in [1.807, 2.05) is 0 Å². The van der Waals surface area contributed by atoms with E-state index >= 15 is 0 Å². The average Bonchev–Trinajstić information content (AvgIpc) is 2.90. The molecule has 3 nitrogen and oxygen atoms in total. The summed E-state index contributed by atoms with van der Waals surface area (Å²) in [6.07, 6.45) is -4.54. The van der Waals surface area contributed by atoms with Crippen molar-refractivity contribution >= 4 is 25.8 Å². The van der Waals surface area contributed by atoms with Crippen molar-refractivity contribution in [1.82, 2.24) is 0 Å². The van der Waals surface area contributed by atoms with Gasteiger partial charge in [-0.1, -0.05) is 39.0 Å². The molecule has 0 aliphatic carbocycles. The third-order valence-electron chi connectivity index (χ3n) is 4.91. The van der Waals surface area contributed by atoms with Crippen molar-refractivity contribution < 1.29 is 27.1 Å². The summed E-state index contributed by atoms with van der Waals surface area (Å²) in [5.74, 6) is 0.0174. The Morgan fingerprint density at radius 2 is 1.70 bits per heavy atom. The molecule has 0 amide bonds. The minimum atomic E-state index is -4.60. The number of carbonyl (C=O) groups excluding carboxylic acids is 1. The van der Waals surface area contributed by atoms with Gasteiger partial charge in [-0.05, 0) is 41.6 Å². The van der Waals surface area contributed by atoms with Crippen LogP contribution in [0, 0.1) is 5.41 Å². The fourth-order valence-electron chi connectivity index (χ4n) is 3.85. The van der Waals surface area contributed by atoms with Gasteiger partial charge in [0.1, 0.15) is 5.75 Å². The molecular formula is C20H23F3O3Si. The minimum absolute atomic E-state index is 0.0592. The predicted molar refractivity (Wildman–Crippen MR) is 100 cm³/mol. The maximum atomic E-state index is 14.5. The zero-order valence-electron chi connectivity index (χ0n) is 16.0. The zero-order valence-corrected chi connectivity index (χ0v) is 17.2. The summed E-state index contributed by atoms with van der Waals surface area (Å²) >= 11 is 0. The van der Waals surface area contributed by atoms with E-state index in [1.165, 1.54) is 12.1 Å². The van der Waals surface area contributed by atoms with E-state index in [2.05, 4.69) is 0 Å². The summed E-state index contributed by atoms with van der Waals surface area (Å²) in [4.78, 5) is 11.7. The van der Waals surface area contributed by atoms with Crippen molar-refractivity contribution in [2.45, 2.75) is 52.1 Å². The summed E-state index contributed by atoms with van der Waals surface area (Å²) in [6, 6.07) is 8.10. The third-order valence-corrected chi connectivity index (χ3v) is 5.73. The normalized spacial score (nSPS) is 17.1. The molecule has 0 aromatic heterocycles. The lowest BCUT2D eigenvalue weighted by molar-refractivity contribution is -0.292. The van der Waals surface area contributed by atoms with E-state index < -0.39 is 32.2 Å². The van der Waals surface area contributed by atoms with E-state index in [4.69, 9.17) is 9.16 Å². The van der Waals surface area contributed by atoms with Crippen molar-refractivity contribution in [1.29, 1.82) is 0 Å². The molecule has 0 spiro atoms. The van der Waals surface area contributed by atoms with E-state index in [0.717, 1.165) is 5.39 Å². The van der Waals surface area contributed by atoms with Crippen LogP contribution in [0.3, 0.4) is 0 Å². The molecule has 27 heavy (non-hydrogen) atoms. The van der Waals surface area contributed by atoms with Crippen molar-refractivity contribution in [3.63, 3.8) is 0 Å². The molecule has 3 rings (SSSR count). The molecule has 1 atom stereocenters. The standard InChI is InChI=1S/C20H23F3O3Si/c1-18(2,3)19(20(21,22)23,26-27(4)5)13-8-6-12-7-9-16-15(14(12)10-13)11-17(24)25-16/h6-10,27H,11H2,1-5H3. The van der Waals surface area contributed by atoms with Crippen LogP contribution in [0.1, 0.15) is 31.9 Å². The van der Waals surface area contributed by atoms with Gasteiger partial charge in [0, 0.05) is 11.0 Å². The highest BCUT2D eigenvalue weighted by atomic mass is 28.3. The largest absolute Gasteiger partial charge is 0.426 e. The first kappa shape index (κ1) is 19.9. The Morgan fingerprint density at radius 1 is 1.07 bits per heavy atom. The molecule has 0 radical (unpaired) electrons. The van der Waals surface area contributed by atoms with Gasteiger partial charge < -0.3 is 9.16 Å². The maximum Gasteiger partial charge on any atom is 0.421 e. The van der Waals surface area contributed by atoms with Crippen LogP contribution >= 0.6 is 0 Å². The Hall–Kier alpha value is -1.86. The van der Waals surface area contributed by atoms with Gasteiger partial charge in [-0.3, -0.25) is 4.79 Å². The van der Waals surface area contributed by atoms with E-state index in [1.54, 1.807) is 52.1 Å². The van der Waals surface area contributed by atoms with E-state index in [9.17, 15) is 18.0 Å². The van der Waals surface area contributed by atoms with Crippen LogP contribution in [0.25, 0.3) is 10.8 Å². The molecule has 2 aromatic rings. The van der Waals surface area contributed by atoms with Gasteiger partial charge in [0.05, 0.1) is 6.42 Å². The number of fused-ring (bicyclic) bond motifs is 3. The fraction of sp³-hybridized carbons (Fsp3) is 0.450. The molecule has 0 saturated carbocycles. The number of rotatable bonds is 3. The zero-order chi connectivity index (χ0) is 20.2. The molecule has 1 aliphatic rings. The van der Waals surface area contributed by atoms with Gasteiger partial charge in [0.15, 0.2) is 14.6 Å². The summed E-state index contributed by atoms with van der Waals surface area (Å²) in [7, 11) is -2.05. The van der Waals surface area contributed by atoms with Crippen LogP contribution in [-0.2, 0) is 21.2 Å². The number of carbonyl (C=O) groups is 1. The quantitative estimate of drug-likeness (QED) is 0.411. The van der Waals surface area contributed by atoms with Crippen LogP contribution < -0.4 is 4.74 Å². The molecule has 0 N–H and O–H groups in total. The van der Waals surface area contributed by atoms with Crippen LogP contribution in [0.5, 0.6) is 5.75 Å². The highest BCUT2D eigenvalue weighted by Crippen LogP contribution is 2.54. The van der Waals surface area contributed by atoms with Crippen LogP contribution in [0.15, 0.2) is 30.3 Å². The number of hydrogen-bond acceptors (Lipinski definition) is 3. The van der Waals surface area contributed by atoms with E-state index in [-0.39, 0.29) is 12.0 Å². The number of benzene rings is 2. The molecule has 1 unspecified atom stereocenters. The molecule has 1 aliphatic heterocycles. The summed E-state index contributed by atoms with van der Waals surface area (Å²) in [5, 5.41) is 1.37. The number of hydrogen-bond donors (Lipinski definition) is 0. The molecule has 1 heterocycles. The minimum Gasteiger partial charge on any atom is -0.426 e. The lowest BCUT2D eigenvalue weighted by Crippen LogP contribution is -2.55. The van der Waals surface area contributed by atoms with Gasteiger partial charge in [-0.25, -0.2) is 0 Å². The number of halogens is 3. The predicted octanol–water partition coefficient (Wildman–Crippen LogP) is 5.11. The lowest BCUT2D eigenvalue weighted by atomic mass is 9.71. The second-order valence-electron chi connectivity index (χ2n) is 8.22. The summed E-state index contributed by atoms with van der Waals surface area (Å²) in [6.45, 7) is 8.10. The number of esters is 1. The van der Waals surface area contributed by atoms with Crippen molar-refractivity contribution in [3.05, 3.63) is 41.5 Å². The van der Waals surface area contributed by atoms with Gasteiger partial charge >= 0.3 is 12.1 Å². The Bertz CT molecular complexity index is 884. The topological polar surface area (TPSA) is 35.5 Å². The SMILES string of the molecule is C[SiH](C)OC(c1ccc2ccc3c(c2c1)CC(=O)O3)(C(C)(C)C)C(F)(F)F. The Kier molecular flexibility index (Phi) is 4.67. The number of ether oxygens (including phenoxy) is 1. The first-order chi connectivity index (χ1) is 12.4. The van der Waals surface area contributed by atoms with Gasteiger partial charge in [-0.15, -0.1) is 0 Å². The second kappa shape index (κ2) is 6.34. The molecule has 0 bridgehead atoms. The Balaban J connectivity index is 2.31. The first-order valence-electron chi connectivity index (χ1n) is 8.88. The fourth-order valence-corrected chi connectivity index (χ4v) is 5.18. The lowest BCUT2D eigenvalue weighted by Gasteiger charge is -2.47. The third kappa shape index (κ3) is 3.16. The molecule has 7 heteroatoms. The van der Waals surface area contributed by atoms with Crippen molar-refractivity contribution in [2.24, 2.45) is 5.41 Å². The second-order valence-corrected chi connectivity index (χ2v) is 10.6. The van der Waals surface area contributed by atoms with Crippen molar-refractivity contribution in [2.75, 3.05) is 0 Å². The molecule has 0 saturated heterocycles. The number of alkyl halides is 3. The van der Waals surface area contributed by atoms with Gasteiger partial charge in [0.2, 0.25) is 0 Å². The first-order valence-corrected chi connectivity index (χ1v) is 11.7. The summed E-state index contributed by atoms with van der Waals surface area (Å²) < 4.78 is 54.3.